The molecule has 1 saturated carbocycles. The predicted molar refractivity (Wildman–Crippen MR) is 86.8 cm³/mol. The fourth-order valence-electron chi connectivity index (χ4n) is 2.44. The van der Waals surface area contributed by atoms with Gasteiger partial charge in [-0.3, -0.25) is 0 Å². The molecule has 1 unspecified atom stereocenters. The zero-order chi connectivity index (χ0) is 14.7. The molecule has 0 bridgehead atoms. The molecule has 2 heteroatoms. The molecule has 1 fully saturated rings. The van der Waals surface area contributed by atoms with Gasteiger partial charge in [0.05, 0.1) is 0 Å². The summed E-state index contributed by atoms with van der Waals surface area (Å²) in [6.07, 6.45) is 2.66. The predicted octanol–water partition coefficient (Wildman–Crippen LogP) is 4.18. The molecule has 0 radical (unpaired) electrons. The Bertz CT molecular complexity index is 590. The Balaban J connectivity index is 1.78. The Morgan fingerprint density at radius 2 is 1.86 bits per heavy atom. The number of ether oxygens (including phenoxy) is 1. The zero-order valence-electron chi connectivity index (χ0n) is 12.8. The SMILES string of the molecule is Cc1ccc(C)c(OC(CNC2CC2)c2ccccc2)c1. The van der Waals surface area contributed by atoms with Crippen molar-refractivity contribution in [2.24, 2.45) is 0 Å². The summed E-state index contributed by atoms with van der Waals surface area (Å²) in [7, 11) is 0. The Hall–Kier alpha value is -1.80. The number of rotatable bonds is 6. The van der Waals surface area contributed by atoms with Crippen molar-refractivity contribution >= 4 is 0 Å². The second-order valence-corrected chi connectivity index (χ2v) is 5.97. The molecule has 0 aromatic heterocycles. The van der Waals surface area contributed by atoms with E-state index in [1.54, 1.807) is 0 Å². The largest absolute Gasteiger partial charge is 0.484 e. The van der Waals surface area contributed by atoms with E-state index in [4.69, 9.17) is 4.74 Å². The molecule has 1 atom stereocenters. The maximum atomic E-state index is 6.33. The molecule has 0 saturated heterocycles. The van der Waals surface area contributed by atoms with Crippen molar-refractivity contribution in [1.82, 2.24) is 5.32 Å². The van der Waals surface area contributed by atoms with Gasteiger partial charge in [0, 0.05) is 12.6 Å². The summed E-state index contributed by atoms with van der Waals surface area (Å²) in [6.45, 7) is 5.07. The summed E-state index contributed by atoms with van der Waals surface area (Å²) in [5.41, 5.74) is 3.65. The highest BCUT2D eigenvalue weighted by Crippen LogP contribution is 2.27. The Morgan fingerprint density at radius 3 is 2.57 bits per heavy atom. The van der Waals surface area contributed by atoms with Crippen molar-refractivity contribution in [3.8, 4) is 5.75 Å². The topological polar surface area (TPSA) is 21.3 Å². The first-order valence-electron chi connectivity index (χ1n) is 7.74. The van der Waals surface area contributed by atoms with Crippen molar-refractivity contribution in [2.45, 2.75) is 38.8 Å². The van der Waals surface area contributed by atoms with Crippen LogP contribution < -0.4 is 10.1 Å². The molecule has 2 aromatic carbocycles. The Kier molecular flexibility index (Phi) is 4.26. The highest BCUT2D eigenvalue weighted by molar-refractivity contribution is 5.36. The summed E-state index contributed by atoms with van der Waals surface area (Å²) in [5.74, 6) is 0.987. The van der Waals surface area contributed by atoms with Crippen molar-refractivity contribution in [3.05, 3.63) is 65.2 Å². The molecule has 21 heavy (non-hydrogen) atoms. The summed E-state index contributed by atoms with van der Waals surface area (Å²) >= 11 is 0. The van der Waals surface area contributed by atoms with Crippen molar-refractivity contribution in [3.63, 3.8) is 0 Å². The third kappa shape index (κ3) is 3.85. The summed E-state index contributed by atoms with van der Waals surface area (Å²) in [5, 5.41) is 3.58. The smallest absolute Gasteiger partial charge is 0.136 e. The monoisotopic (exact) mass is 281 g/mol. The first kappa shape index (κ1) is 14.2. The van der Waals surface area contributed by atoms with Crippen LogP contribution in [0, 0.1) is 13.8 Å². The van der Waals surface area contributed by atoms with E-state index in [2.05, 4.69) is 61.6 Å². The Labute approximate surface area is 127 Å². The van der Waals surface area contributed by atoms with Crippen LogP contribution >= 0.6 is 0 Å². The van der Waals surface area contributed by atoms with Gasteiger partial charge >= 0.3 is 0 Å². The van der Waals surface area contributed by atoms with E-state index in [9.17, 15) is 0 Å². The second kappa shape index (κ2) is 6.31. The van der Waals surface area contributed by atoms with Crippen LogP contribution in [0.1, 0.15) is 35.6 Å². The molecule has 0 aliphatic heterocycles. The van der Waals surface area contributed by atoms with Crippen LogP contribution in [-0.4, -0.2) is 12.6 Å². The van der Waals surface area contributed by atoms with Gasteiger partial charge in [-0.2, -0.15) is 0 Å². The lowest BCUT2D eigenvalue weighted by atomic mass is 10.1. The number of benzene rings is 2. The molecule has 2 aromatic rings. The van der Waals surface area contributed by atoms with Crippen LogP contribution in [0.4, 0.5) is 0 Å². The molecule has 0 amide bonds. The number of hydrogen-bond acceptors (Lipinski definition) is 2. The molecule has 0 heterocycles. The summed E-state index contributed by atoms with van der Waals surface area (Å²) < 4.78 is 6.33. The van der Waals surface area contributed by atoms with Gasteiger partial charge in [-0.1, -0.05) is 42.5 Å². The van der Waals surface area contributed by atoms with Crippen LogP contribution in [0.3, 0.4) is 0 Å². The lowest BCUT2D eigenvalue weighted by Crippen LogP contribution is -2.27. The molecule has 1 aliphatic carbocycles. The molecule has 110 valence electrons. The highest BCUT2D eigenvalue weighted by Gasteiger charge is 2.23. The van der Waals surface area contributed by atoms with Gasteiger partial charge in [0.1, 0.15) is 11.9 Å². The van der Waals surface area contributed by atoms with E-state index in [0.29, 0.717) is 6.04 Å². The summed E-state index contributed by atoms with van der Waals surface area (Å²) in [6, 6.07) is 17.6. The van der Waals surface area contributed by atoms with Crippen molar-refractivity contribution in [2.75, 3.05) is 6.54 Å². The average molecular weight is 281 g/mol. The van der Waals surface area contributed by atoms with E-state index >= 15 is 0 Å². The molecular weight excluding hydrogens is 258 g/mol. The molecular formula is C19H23NO. The van der Waals surface area contributed by atoms with Crippen molar-refractivity contribution in [1.29, 1.82) is 0 Å². The number of aryl methyl sites for hydroxylation is 2. The molecule has 1 aliphatic rings. The standard InChI is InChI=1S/C19H23NO/c1-14-8-9-15(2)18(12-14)21-19(13-20-17-10-11-17)16-6-4-3-5-7-16/h3-9,12,17,19-20H,10-11,13H2,1-2H3. The number of hydrogen-bond donors (Lipinski definition) is 1. The molecule has 2 nitrogen and oxygen atoms in total. The van der Waals surface area contributed by atoms with Gasteiger partial charge < -0.3 is 10.1 Å². The average Bonchev–Trinajstić information content (AvgIpc) is 3.32. The fourth-order valence-corrected chi connectivity index (χ4v) is 2.44. The van der Waals surface area contributed by atoms with E-state index in [0.717, 1.165) is 12.3 Å². The fraction of sp³-hybridized carbons (Fsp3) is 0.368. The van der Waals surface area contributed by atoms with Gasteiger partial charge in [0.15, 0.2) is 0 Å². The first-order valence-corrected chi connectivity index (χ1v) is 7.74. The minimum absolute atomic E-state index is 0.0623. The first-order chi connectivity index (χ1) is 10.2. The third-order valence-corrected chi connectivity index (χ3v) is 3.95. The van der Waals surface area contributed by atoms with Gasteiger partial charge in [-0.05, 0) is 49.4 Å². The normalized spacial score (nSPS) is 15.7. The van der Waals surface area contributed by atoms with E-state index in [1.807, 2.05) is 6.07 Å². The molecule has 1 N–H and O–H groups in total. The van der Waals surface area contributed by atoms with Crippen LogP contribution in [0.2, 0.25) is 0 Å². The van der Waals surface area contributed by atoms with Gasteiger partial charge in [0.2, 0.25) is 0 Å². The maximum absolute atomic E-state index is 6.33. The summed E-state index contributed by atoms with van der Waals surface area (Å²) in [4.78, 5) is 0. The van der Waals surface area contributed by atoms with E-state index in [-0.39, 0.29) is 6.10 Å². The van der Waals surface area contributed by atoms with Crippen LogP contribution in [0.25, 0.3) is 0 Å². The maximum Gasteiger partial charge on any atom is 0.136 e. The van der Waals surface area contributed by atoms with Gasteiger partial charge in [0.25, 0.3) is 0 Å². The Morgan fingerprint density at radius 1 is 1.10 bits per heavy atom. The van der Waals surface area contributed by atoms with Crippen LogP contribution in [0.15, 0.2) is 48.5 Å². The van der Waals surface area contributed by atoms with Gasteiger partial charge in [-0.15, -0.1) is 0 Å². The number of nitrogens with one attached hydrogen (secondary N) is 1. The van der Waals surface area contributed by atoms with Crippen molar-refractivity contribution < 1.29 is 4.74 Å². The minimum atomic E-state index is 0.0623. The molecule has 0 spiro atoms. The van der Waals surface area contributed by atoms with Gasteiger partial charge in [-0.25, -0.2) is 0 Å². The minimum Gasteiger partial charge on any atom is -0.484 e. The van der Waals surface area contributed by atoms with E-state index < -0.39 is 0 Å². The lowest BCUT2D eigenvalue weighted by Gasteiger charge is -2.21. The molecule has 3 rings (SSSR count). The quantitative estimate of drug-likeness (QED) is 0.858. The zero-order valence-corrected chi connectivity index (χ0v) is 12.8. The highest BCUT2D eigenvalue weighted by atomic mass is 16.5. The van der Waals surface area contributed by atoms with Crippen LogP contribution in [-0.2, 0) is 0 Å². The third-order valence-electron chi connectivity index (χ3n) is 3.95. The van der Waals surface area contributed by atoms with E-state index in [1.165, 1.54) is 29.5 Å². The van der Waals surface area contributed by atoms with Crippen LogP contribution in [0.5, 0.6) is 5.75 Å². The lowest BCUT2D eigenvalue weighted by molar-refractivity contribution is 0.199. The second-order valence-electron chi connectivity index (χ2n) is 5.97.